The van der Waals surface area contributed by atoms with Crippen molar-refractivity contribution in [3.63, 3.8) is 0 Å². The first-order chi connectivity index (χ1) is 4.21. The fourth-order valence-electron chi connectivity index (χ4n) is 1.16. The van der Waals surface area contributed by atoms with Crippen LogP contribution < -0.4 is 0 Å². The third-order valence-electron chi connectivity index (χ3n) is 1.98. The van der Waals surface area contributed by atoms with Gasteiger partial charge in [0.25, 0.3) is 0 Å². The standard InChI is InChI=1S/C8H10O/c1-6-3-4-8(2)7(5-6)9-8/h3-5,7H,1-2H3. The third-order valence-corrected chi connectivity index (χ3v) is 1.98. The van der Waals surface area contributed by atoms with Gasteiger partial charge in [-0.15, -0.1) is 0 Å². The van der Waals surface area contributed by atoms with Crippen molar-refractivity contribution >= 4 is 0 Å². The second-order valence-electron chi connectivity index (χ2n) is 2.97. The van der Waals surface area contributed by atoms with E-state index in [0.717, 1.165) is 0 Å². The van der Waals surface area contributed by atoms with Crippen molar-refractivity contribution < 1.29 is 4.74 Å². The molecular formula is C8H10O. The first kappa shape index (κ1) is 5.24. The summed E-state index contributed by atoms with van der Waals surface area (Å²) in [4.78, 5) is 0. The Kier molecular flexibility index (Phi) is 0.754. The second-order valence-corrected chi connectivity index (χ2v) is 2.97. The highest BCUT2D eigenvalue weighted by atomic mass is 16.6. The molecule has 1 saturated heterocycles. The van der Waals surface area contributed by atoms with Gasteiger partial charge >= 0.3 is 0 Å². The van der Waals surface area contributed by atoms with E-state index in [2.05, 4.69) is 32.1 Å². The van der Waals surface area contributed by atoms with Gasteiger partial charge in [0.15, 0.2) is 0 Å². The van der Waals surface area contributed by atoms with E-state index in [1.54, 1.807) is 0 Å². The van der Waals surface area contributed by atoms with Crippen LogP contribution in [0.4, 0.5) is 0 Å². The molecule has 0 aromatic carbocycles. The van der Waals surface area contributed by atoms with Crippen LogP contribution >= 0.6 is 0 Å². The fraction of sp³-hybridized carbons (Fsp3) is 0.500. The van der Waals surface area contributed by atoms with Crippen LogP contribution in [0.5, 0.6) is 0 Å². The lowest BCUT2D eigenvalue weighted by Gasteiger charge is -2.01. The maximum atomic E-state index is 5.37. The summed E-state index contributed by atoms with van der Waals surface area (Å²) in [5.74, 6) is 0. The topological polar surface area (TPSA) is 12.5 Å². The summed E-state index contributed by atoms with van der Waals surface area (Å²) in [5, 5.41) is 0. The van der Waals surface area contributed by atoms with Gasteiger partial charge in [-0.25, -0.2) is 0 Å². The van der Waals surface area contributed by atoms with E-state index in [1.807, 2.05) is 0 Å². The van der Waals surface area contributed by atoms with E-state index >= 15 is 0 Å². The molecule has 0 saturated carbocycles. The molecule has 0 amide bonds. The van der Waals surface area contributed by atoms with E-state index in [4.69, 9.17) is 4.74 Å². The van der Waals surface area contributed by atoms with Gasteiger partial charge in [-0.3, -0.25) is 0 Å². The lowest BCUT2D eigenvalue weighted by Crippen LogP contribution is -2.06. The molecule has 0 aromatic rings. The molecule has 1 fully saturated rings. The molecule has 2 rings (SSSR count). The lowest BCUT2D eigenvalue weighted by molar-refractivity contribution is 0.357. The van der Waals surface area contributed by atoms with Gasteiger partial charge in [0.2, 0.25) is 0 Å². The van der Waals surface area contributed by atoms with Crippen molar-refractivity contribution in [2.24, 2.45) is 0 Å². The van der Waals surface area contributed by atoms with Gasteiger partial charge in [-0.1, -0.05) is 11.6 Å². The normalized spacial score (nSPS) is 46.0. The highest BCUT2D eigenvalue weighted by Crippen LogP contribution is 2.41. The Labute approximate surface area is 55.0 Å². The molecule has 1 heterocycles. The minimum Gasteiger partial charge on any atom is -0.357 e. The Bertz CT molecular complexity index is 203. The van der Waals surface area contributed by atoms with Gasteiger partial charge in [-0.2, -0.15) is 0 Å². The largest absolute Gasteiger partial charge is 0.357 e. The number of ether oxygens (including phenoxy) is 1. The minimum atomic E-state index is 0.0690. The number of epoxide rings is 1. The summed E-state index contributed by atoms with van der Waals surface area (Å²) in [7, 11) is 0. The third kappa shape index (κ3) is 0.648. The lowest BCUT2D eigenvalue weighted by atomic mass is 9.99. The van der Waals surface area contributed by atoms with Crippen LogP contribution in [0.3, 0.4) is 0 Å². The van der Waals surface area contributed by atoms with Crippen LogP contribution in [0.25, 0.3) is 0 Å². The molecule has 0 N–H and O–H groups in total. The monoisotopic (exact) mass is 122 g/mol. The van der Waals surface area contributed by atoms with Crippen LogP contribution in [0.2, 0.25) is 0 Å². The Morgan fingerprint density at radius 3 is 3.00 bits per heavy atom. The average Bonchev–Trinajstić information content (AvgIpc) is 2.41. The van der Waals surface area contributed by atoms with Gasteiger partial charge in [-0.05, 0) is 26.0 Å². The molecule has 1 nitrogen and oxygen atoms in total. The molecule has 2 aliphatic rings. The van der Waals surface area contributed by atoms with Crippen molar-refractivity contribution in [3.8, 4) is 0 Å². The molecule has 1 heteroatoms. The van der Waals surface area contributed by atoms with Crippen molar-refractivity contribution in [1.29, 1.82) is 0 Å². The molecular weight excluding hydrogens is 112 g/mol. The number of hydrogen-bond acceptors (Lipinski definition) is 1. The molecule has 9 heavy (non-hydrogen) atoms. The van der Waals surface area contributed by atoms with Gasteiger partial charge in [0.1, 0.15) is 11.7 Å². The second kappa shape index (κ2) is 1.29. The van der Waals surface area contributed by atoms with Gasteiger partial charge < -0.3 is 4.74 Å². The molecule has 0 bridgehead atoms. The zero-order valence-corrected chi connectivity index (χ0v) is 5.72. The first-order valence-electron chi connectivity index (χ1n) is 3.26. The smallest absolute Gasteiger partial charge is 0.114 e. The summed E-state index contributed by atoms with van der Waals surface area (Å²) in [5.41, 5.74) is 1.38. The van der Waals surface area contributed by atoms with Crippen molar-refractivity contribution in [1.82, 2.24) is 0 Å². The zero-order chi connectivity index (χ0) is 6.48. The van der Waals surface area contributed by atoms with Crippen molar-refractivity contribution in [2.75, 3.05) is 0 Å². The Morgan fingerprint density at radius 2 is 2.44 bits per heavy atom. The number of hydrogen-bond donors (Lipinski definition) is 0. The quantitative estimate of drug-likeness (QED) is 0.445. The van der Waals surface area contributed by atoms with Crippen LogP contribution in [0.1, 0.15) is 13.8 Å². The minimum absolute atomic E-state index is 0.0690. The van der Waals surface area contributed by atoms with Crippen LogP contribution in [0, 0.1) is 0 Å². The molecule has 48 valence electrons. The summed E-state index contributed by atoms with van der Waals surface area (Å²) >= 11 is 0. The van der Waals surface area contributed by atoms with Gasteiger partial charge in [0, 0.05) is 0 Å². The first-order valence-corrected chi connectivity index (χ1v) is 3.26. The Morgan fingerprint density at radius 1 is 1.67 bits per heavy atom. The molecule has 0 aromatic heterocycles. The molecule has 0 radical (unpaired) electrons. The predicted octanol–water partition coefficient (Wildman–Crippen LogP) is 1.66. The highest BCUT2D eigenvalue weighted by Gasteiger charge is 2.49. The van der Waals surface area contributed by atoms with Gasteiger partial charge in [0.05, 0.1) is 0 Å². The number of allylic oxidation sites excluding steroid dienone is 2. The molecule has 2 unspecified atom stereocenters. The molecule has 1 aliphatic heterocycles. The van der Waals surface area contributed by atoms with E-state index in [1.165, 1.54) is 5.57 Å². The van der Waals surface area contributed by atoms with Crippen molar-refractivity contribution in [2.45, 2.75) is 25.6 Å². The molecule has 0 spiro atoms. The fourth-order valence-corrected chi connectivity index (χ4v) is 1.16. The summed E-state index contributed by atoms with van der Waals surface area (Å²) in [6.45, 7) is 4.20. The Balaban J connectivity index is 2.31. The van der Waals surface area contributed by atoms with Crippen LogP contribution in [0.15, 0.2) is 23.8 Å². The Hall–Kier alpha value is -0.560. The summed E-state index contributed by atoms with van der Waals surface area (Å²) in [6.07, 6.45) is 6.79. The zero-order valence-electron chi connectivity index (χ0n) is 5.72. The van der Waals surface area contributed by atoms with Crippen LogP contribution in [-0.2, 0) is 4.74 Å². The van der Waals surface area contributed by atoms with E-state index in [-0.39, 0.29) is 5.60 Å². The molecule has 2 atom stereocenters. The van der Waals surface area contributed by atoms with E-state index in [0.29, 0.717) is 6.10 Å². The average molecular weight is 122 g/mol. The summed E-state index contributed by atoms with van der Waals surface area (Å²) in [6, 6.07) is 0. The highest BCUT2D eigenvalue weighted by molar-refractivity contribution is 5.35. The summed E-state index contributed by atoms with van der Waals surface area (Å²) < 4.78 is 5.37. The van der Waals surface area contributed by atoms with E-state index in [9.17, 15) is 0 Å². The van der Waals surface area contributed by atoms with Crippen LogP contribution in [-0.4, -0.2) is 11.7 Å². The van der Waals surface area contributed by atoms with E-state index < -0.39 is 0 Å². The molecule has 1 aliphatic carbocycles. The number of fused-ring (bicyclic) bond motifs is 1. The van der Waals surface area contributed by atoms with Crippen molar-refractivity contribution in [3.05, 3.63) is 23.8 Å². The predicted molar refractivity (Wildman–Crippen MR) is 36.2 cm³/mol. The maximum Gasteiger partial charge on any atom is 0.114 e. The number of rotatable bonds is 0. The maximum absolute atomic E-state index is 5.37. The SMILES string of the molecule is CC1=CC2OC2(C)C=C1.